The lowest BCUT2D eigenvalue weighted by Crippen LogP contribution is -2.53. The van der Waals surface area contributed by atoms with Gasteiger partial charge in [0.2, 0.25) is 0 Å². The van der Waals surface area contributed by atoms with Crippen LogP contribution in [0, 0.1) is 11.3 Å². The molecule has 3 aliphatic rings. The molecule has 3 fully saturated rings. The summed E-state index contributed by atoms with van der Waals surface area (Å²) >= 11 is 6.24. The van der Waals surface area contributed by atoms with Crippen molar-refractivity contribution in [3.8, 4) is 0 Å². The first kappa shape index (κ1) is 17.4. The van der Waals surface area contributed by atoms with Crippen molar-refractivity contribution in [3.05, 3.63) is 23.7 Å². The average Bonchev–Trinajstić information content (AvgIpc) is 3.18. The van der Waals surface area contributed by atoms with Crippen LogP contribution in [-0.4, -0.2) is 45.1 Å². The third kappa shape index (κ3) is 2.19. The van der Waals surface area contributed by atoms with Gasteiger partial charge in [0.1, 0.15) is 34.8 Å². The highest BCUT2D eigenvalue weighted by atomic mass is 35.5. The van der Waals surface area contributed by atoms with Gasteiger partial charge in [0.05, 0.1) is 18.0 Å². The first-order chi connectivity index (χ1) is 12.9. The summed E-state index contributed by atoms with van der Waals surface area (Å²) in [5.74, 6) is -0.848. The molecule has 2 aromatic rings. The quantitative estimate of drug-likeness (QED) is 0.591. The monoisotopic (exact) mass is 391 g/mol. The summed E-state index contributed by atoms with van der Waals surface area (Å²) in [5.41, 5.74) is 0.0885. The number of nitrogens with zero attached hydrogens (tertiary/aromatic N) is 3. The molecule has 0 aromatic carbocycles. The van der Waals surface area contributed by atoms with Crippen LogP contribution in [0.15, 0.2) is 18.6 Å². The second-order valence-corrected chi connectivity index (χ2v) is 8.40. The average molecular weight is 392 g/mol. The standard InChI is InChI=1S/C19H22ClN3O4/c1-4-25-17(24)19-7-5-11(19)12(13-14(19)27-18(2,3)26-13)23-8-6-10-15(20)21-9-22-16(10)23/h6,8-9,11-14H,4-5,7H2,1-3H3/t11-,12-,13+,14+,19+/m1/s1. The number of ether oxygens (including phenoxy) is 3. The van der Waals surface area contributed by atoms with Crippen molar-refractivity contribution in [2.45, 2.75) is 57.6 Å². The summed E-state index contributed by atoms with van der Waals surface area (Å²) in [4.78, 5) is 21.5. The van der Waals surface area contributed by atoms with E-state index < -0.39 is 11.2 Å². The number of rotatable bonds is 3. The van der Waals surface area contributed by atoms with E-state index in [-0.39, 0.29) is 30.1 Å². The molecule has 3 heterocycles. The lowest BCUT2D eigenvalue weighted by Gasteiger charge is -2.47. The van der Waals surface area contributed by atoms with Gasteiger partial charge < -0.3 is 18.8 Å². The Bertz CT molecular complexity index is 929. The second kappa shape index (κ2) is 5.65. The summed E-state index contributed by atoms with van der Waals surface area (Å²) in [7, 11) is 0. The Kier molecular flexibility index (Phi) is 3.64. The number of carbonyl (C=O) groups excluding carboxylic acids is 1. The molecule has 0 unspecified atom stereocenters. The second-order valence-electron chi connectivity index (χ2n) is 8.04. The minimum absolute atomic E-state index is 0.0709. The van der Waals surface area contributed by atoms with E-state index in [9.17, 15) is 4.79 Å². The molecule has 8 heteroatoms. The van der Waals surface area contributed by atoms with Crippen molar-refractivity contribution in [3.63, 3.8) is 0 Å². The molecule has 1 aliphatic heterocycles. The van der Waals surface area contributed by atoms with Crippen LogP contribution in [-0.2, 0) is 19.0 Å². The van der Waals surface area contributed by atoms with Gasteiger partial charge in [-0.3, -0.25) is 4.79 Å². The Labute approximate surface area is 162 Å². The molecular formula is C19H22ClN3O4. The maximum Gasteiger partial charge on any atom is 0.315 e. The van der Waals surface area contributed by atoms with Crippen molar-refractivity contribution in [2.24, 2.45) is 11.3 Å². The minimum Gasteiger partial charge on any atom is -0.465 e. The fourth-order valence-corrected chi connectivity index (χ4v) is 5.48. The summed E-state index contributed by atoms with van der Waals surface area (Å²) in [5, 5.41) is 1.21. The molecule has 0 N–H and O–H groups in total. The predicted octanol–water partition coefficient (Wildman–Crippen LogP) is 3.12. The molecule has 144 valence electrons. The molecule has 0 spiro atoms. The van der Waals surface area contributed by atoms with Gasteiger partial charge in [-0.15, -0.1) is 0 Å². The Morgan fingerprint density at radius 3 is 2.93 bits per heavy atom. The first-order valence-corrected chi connectivity index (χ1v) is 9.77. The molecule has 0 radical (unpaired) electrons. The third-order valence-electron chi connectivity index (χ3n) is 6.35. The van der Waals surface area contributed by atoms with Gasteiger partial charge >= 0.3 is 5.97 Å². The molecule has 0 amide bonds. The number of esters is 1. The number of hydrogen-bond acceptors (Lipinski definition) is 6. The maximum atomic E-state index is 13.0. The number of aromatic nitrogens is 3. The fraction of sp³-hybridized carbons (Fsp3) is 0.632. The highest BCUT2D eigenvalue weighted by Crippen LogP contribution is 2.66. The van der Waals surface area contributed by atoms with Gasteiger partial charge in [-0.25, -0.2) is 9.97 Å². The van der Waals surface area contributed by atoms with Gasteiger partial charge in [-0.1, -0.05) is 11.6 Å². The molecule has 0 bridgehead atoms. The van der Waals surface area contributed by atoms with E-state index in [2.05, 4.69) is 14.5 Å². The lowest BCUT2D eigenvalue weighted by molar-refractivity contribution is -0.205. The number of halogens is 1. The molecule has 5 rings (SSSR count). The smallest absolute Gasteiger partial charge is 0.315 e. The van der Waals surface area contributed by atoms with Crippen LogP contribution < -0.4 is 0 Å². The minimum atomic E-state index is -0.747. The Balaban J connectivity index is 1.64. The number of hydrogen-bond donors (Lipinski definition) is 0. The van der Waals surface area contributed by atoms with Gasteiger partial charge in [0.15, 0.2) is 5.79 Å². The number of fused-ring (bicyclic) bond motifs is 4. The van der Waals surface area contributed by atoms with E-state index in [1.54, 1.807) is 0 Å². The van der Waals surface area contributed by atoms with Gasteiger partial charge in [-0.2, -0.15) is 0 Å². The van der Waals surface area contributed by atoms with Crippen molar-refractivity contribution in [1.29, 1.82) is 0 Å². The summed E-state index contributed by atoms with van der Waals surface area (Å²) in [6.07, 6.45) is 4.51. The van der Waals surface area contributed by atoms with Crippen LogP contribution in [0.2, 0.25) is 5.15 Å². The Morgan fingerprint density at radius 2 is 2.22 bits per heavy atom. The lowest BCUT2D eigenvalue weighted by atomic mass is 9.60. The van der Waals surface area contributed by atoms with E-state index in [0.29, 0.717) is 11.8 Å². The highest BCUT2D eigenvalue weighted by molar-refractivity contribution is 6.33. The van der Waals surface area contributed by atoms with Crippen molar-refractivity contribution in [2.75, 3.05) is 6.61 Å². The maximum absolute atomic E-state index is 13.0. The number of carbonyl (C=O) groups is 1. The van der Waals surface area contributed by atoms with E-state index in [1.165, 1.54) is 6.33 Å². The summed E-state index contributed by atoms with van der Waals surface area (Å²) < 4.78 is 20.1. The van der Waals surface area contributed by atoms with Crippen LogP contribution in [0.25, 0.3) is 11.0 Å². The molecular weight excluding hydrogens is 370 g/mol. The van der Waals surface area contributed by atoms with E-state index in [4.69, 9.17) is 25.8 Å². The SMILES string of the molecule is CCOC(=O)[C@@]12CC[C@@H]1[C@@H](n1ccc3c(Cl)ncnc31)[C@@H]1OC(C)(C)O[C@@H]12. The van der Waals surface area contributed by atoms with Crippen LogP contribution in [0.1, 0.15) is 39.7 Å². The van der Waals surface area contributed by atoms with E-state index in [1.807, 2.05) is 33.0 Å². The molecule has 2 aliphatic carbocycles. The third-order valence-corrected chi connectivity index (χ3v) is 6.65. The van der Waals surface area contributed by atoms with Gasteiger partial charge in [0.25, 0.3) is 0 Å². The zero-order chi connectivity index (χ0) is 19.0. The molecule has 2 aromatic heterocycles. The largest absolute Gasteiger partial charge is 0.465 e. The first-order valence-electron chi connectivity index (χ1n) is 9.39. The highest BCUT2D eigenvalue weighted by Gasteiger charge is 2.74. The molecule has 1 saturated heterocycles. The molecule has 2 saturated carbocycles. The van der Waals surface area contributed by atoms with Crippen molar-refractivity contribution >= 4 is 28.6 Å². The zero-order valence-corrected chi connectivity index (χ0v) is 16.3. The van der Waals surface area contributed by atoms with Crippen LogP contribution in [0.5, 0.6) is 0 Å². The fourth-order valence-electron chi connectivity index (χ4n) is 5.28. The van der Waals surface area contributed by atoms with Gasteiger partial charge in [-0.05, 0) is 39.7 Å². The Hall–Kier alpha value is -1.70. The van der Waals surface area contributed by atoms with E-state index >= 15 is 0 Å². The molecule has 27 heavy (non-hydrogen) atoms. The van der Waals surface area contributed by atoms with Gasteiger partial charge in [0, 0.05) is 12.1 Å². The molecule has 7 nitrogen and oxygen atoms in total. The van der Waals surface area contributed by atoms with E-state index in [0.717, 1.165) is 23.9 Å². The Morgan fingerprint density at radius 1 is 1.41 bits per heavy atom. The molecule has 5 atom stereocenters. The predicted molar refractivity (Wildman–Crippen MR) is 97.2 cm³/mol. The summed E-state index contributed by atoms with van der Waals surface area (Å²) in [6, 6.07) is 1.84. The van der Waals surface area contributed by atoms with Crippen LogP contribution >= 0.6 is 11.6 Å². The van der Waals surface area contributed by atoms with Crippen molar-refractivity contribution in [1.82, 2.24) is 14.5 Å². The topological polar surface area (TPSA) is 75.5 Å². The zero-order valence-electron chi connectivity index (χ0n) is 15.5. The van der Waals surface area contributed by atoms with Crippen LogP contribution in [0.3, 0.4) is 0 Å². The van der Waals surface area contributed by atoms with Crippen LogP contribution in [0.4, 0.5) is 0 Å². The van der Waals surface area contributed by atoms with Crippen molar-refractivity contribution < 1.29 is 19.0 Å². The summed E-state index contributed by atoms with van der Waals surface area (Å²) in [6.45, 7) is 5.97. The normalized spacial score (nSPS) is 36.3.